The summed E-state index contributed by atoms with van der Waals surface area (Å²) in [6.07, 6.45) is 5.36. The van der Waals surface area contributed by atoms with Gasteiger partial charge in [0.25, 0.3) is 0 Å². The standard InChI is InChI=1S/C17H21N5OS/c1-17(2)7-11-12(9-23-17)24-16-14(11)15-19-13(20-22(15)10-18-16)8-21-5-3-4-6-21/h10H,3-9H2,1-2H3/p+1. The summed E-state index contributed by atoms with van der Waals surface area (Å²) in [4.78, 5) is 13.5. The SMILES string of the molecule is CC1(C)Cc2c(sc3ncn4nc(C[NH+]5CCCC5)nc4c23)CO1. The summed E-state index contributed by atoms with van der Waals surface area (Å²) >= 11 is 1.74. The third-order valence-corrected chi connectivity index (χ3v) is 6.28. The molecule has 3 aromatic heterocycles. The van der Waals surface area contributed by atoms with E-state index in [4.69, 9.17) is 9.72 Å². The lowest BCUT2D eigenvalue weighted by Gasteiger charge is -2.30. The van der Waals surface area contributed by atoms with Crippen molar-refractivity contribution in [1.82, 2.24) is 19.6 Å². The number of likely N-dealkylation sites (tertiary alicyclic amines) is 1. The van der Waals surface area contributed by atoms with Gasteiger partial charge in [-0.3, -0.25) is 0 Å². The Kier molecular flexibility index (Phi) is 3.20. The number of hydrogen-bond donors (Lipinski definition) is 1. The fourth-order valence-electron chi connectivity index (χ4n) is 3.94. The van der Waals surface area contributed by atoms with E-state index >= 15 is 0 Å². The second-order valence-corrected chi connectivity index (χ2v) is 8.67. The maximum absolute atomic E-state index is 5.96. The largest absolute Gasteiger partial charge is 0.370 e. The van der Waals surface area contributed by atoms with Crippen LogP contribution < -0.4 is 4.90 Å². The number of rotatable bonds is 2. The number of thiophene rings is 1. The van der Waals surface area contributed by atoms with Crippen LogP contribution in [0.5, 0.6) is 0 Å². The van der Waals surface area contributed by atoms with Gasteiger partial charge in [-0.2, -0.15) is 0 Å². The number of aromatic nitrogens is 4. The van der Waals surface area contributed by atoms with Gasteiger partial charge in [0.2, 0.25) is 5.82 Å². The highest BCUT2D eigenvalue weighted by Gasteiger charge is 2.31. The van der Waals surface area contributed by atoms with Crippen LogP contribution in [0.3, 0.4) is 0 Å². The zero-order valence-electron chi connectivity index (χ0n) is 14.1. The van der Waals surface area contributed by atoms with Crippen molar-refractivity contribution >= 4 is 27.2 Å². The monoisotopic (exact) mass is 344 g/mol. The van der Waals surface area contributed by atoms with Gasteiger partial charge >= 0.3 is 0 Å². The summed E-state index contributed by atoms with van der Waals surface area (Å²) in [5.74, 6) is 0.937. The second-order valence-electron chi connectivity index (χ2n) is 7.58. The first-order valence-corrected chi connectivity index (χ1v) is 9.53. The molecular formula is C17H22N5OS+. The summed E-state index contributed by atoms with van der Waals surface area (Å²) in [6, 6.07) is 0. The van der Waals surface area contributed by atoms with E-state index in [0.29, 0.717) is 6.61 Å². The summed E-state index contributed by atoms with van der Waals surface area (Å²) in [5.41, 5.74) is 2.19. The van der Waals surface area contributed by atoms with E-state index < -0.39 is 0 Å². The quantitative estimate of drug-likeness (QED) is 0.763. The highest BCUT2D eigenvalue weighted by molar-refractivity contribution is 7.19. The first kappa shape index (κ1) is 14.7. The molecule has 0 aliphatic carbocycles. The van der Waals surface area contributed by atoms with E-state index in [1.807, 2.05) is 4.52 Å². The van der Waals surface area contributed by atoms with Crippen LogP contribution in [0.25, 0.3) is 15.9 Å². The fourth-order valence-corrected chi connectivity index (χ4v) is 5.00. The minimum Gasteiger partial charge on any atom is -0.370 e. The molecule has 1 fully saturated rings. The van der Waals surface area contributed by atoms with Crippen molar-refractivity contribution in [3.8, 4) is 0 Å². The van der Waals surface area contributed by atoms with Crippen LogP contribution in [0.15, 0.2) is 6.33 Å². The van der Waals surface area contributed by atoms with Gasteiger partial charge in [0.15, 0.2) is 5.65 Å². The molecule has 0 atom stereocenters. The van der Waals surface area contributed by atoms with Crippen molar-refractivity contribution in [2.75, 3.05) is 13.1 Å². The van der Waals surface area contributed by atoms with Crippen molar-refractivity contribution in [1.29, 1.82) is 0 Å². The van der Waals surface area contributed by atoms with Gasteiger partial charge in [-0.1, -0.05) is 0 Å². The molecule has 0 spiro atoms. The average molecular weight is 344 g/mol. The van der Waals surface area contributed by atoms with Crippen LogP contribution in [-0.2, 0) is 24.3 Å². The van der Waals surface area contributed by atoms with E-state index in [0.717, 1.165) is 29.3 Å². The lowest BCUT2D eigenvalue weighted by molar-refractivity contribution is -0.902. The Balaban J connectivity index is 1.63. The molecule has 126 valence electrons. The Morgan fingerprint density at radius 1 is 1.33 bits per heavy atom. The molecule has 0 radical (unpaired) electrons. The van der Waals surface area contributed by atoms with Crippen molar-refractivity contribution in [2.45, 2.75) is 51.9 Å². The molecule has 0 saturated carbocycles. The highest BCUT2D eigenvalue weighted by atomic mass is 32.1. The number of ether oxygens (including phenoxy) is 1. The number of hydrogen-bond acceptors (Lipinski definition) is 5. The molecule has 0 aromatic carbocycles. The van der Waals surface area contributed by atoms with Crippen LogP contribution in [0.1, 0.15) is 43.0 Å². The molecule has 2 aliphatic heterocycles. The highest BCUT2D eigenvalue weighted by Crippen LogP contribution is 2.39. The van der Waals surface area contributed by atoms with Gasteiger partial charge in [-0.15, -0.1) is 16.4 Å². The van der Waals surface area contributed by atoms with E-state index in [2.05, 4.69) is 23.9 Å². The number of quaternary nitrogens is 1. The Morgan fingerprint density at radius 2 is 2.17 bits per heavy atom. The van der Waals surface area contributed by atoms with Gasteiger partial charge < -0.3 is 9.64 Å². The lowest BCUT2D eigenvalue weighted by Crippen LogP contribution is -3.08. The molecule has 2 aliphatic rings. The minimum absolute atomic E-state index is 0.129. The van der Waals surface area contributed by atoms with Crippen molar-refractivity contribution < 1.29 is 9.64 Å². The predicted octanol–water partition coefficient (Wildman–Crippen LogP) is 1.37. The maximum atomic E-state index is 5.96. The van der Waals surface area contributed by atoms with Crippen LogP contribution in [0.4, 0.5) is 0 Å². The smallest absolute Gasteiger partial charge is 0.206 e. The van der Waals surface area contributed by atoms with Crippen molar-refractivity contribution in [3.63, 3.8) is 0 Å². The van der Waals surface area contributed by atoms with Gasteiger partial charge in [0, 0.05) is 24.1 Å². The zero-order chi connectivity index (χ0) is 16.3. The van der Waals surface area contributed by atoms with E-state index in [1.54, 1.807) is 22.6 Å². The molecule has 3 aromatic rings. The average Bonchev–Trinajstić information content (AvgIpc) is 3.23. The fraction of sp³-hybridized carbons (Fsp3) is 0.588. The first-order chi connectivity index (χ1) is 11.6. The van der Waals surface area contributed by atoms with Crippen LogP contribution in [-0.4, -0.2) is 38.3 Å². The Bertz CT molecular complexity index is 922. The maximum Gasteiger partial charge on any atom is 0.206 e. The molecule has 0 unspecified atom stereocenters. The molecule has 5 rings (SSSR count). The summed E-state index contributed by atoms with van der Waals surface area (Å²) in [5, 5.41) is 5.87. The molecular weight excluding hydrogens is 322 g/mol. The molecule has 6 nitrogen and oxygen atoms in total. The Morgan fingerprint density at radius 3 is 3.00 bits per heavy atom. The van der Waals surface area contributed by atoms with E-state index in [1.165, 1.54) is 41.8 Å². The Labute approximate surface area is 144 Å². The number of fused-ring (bicyclic) bond motifs is 5. The van der Waals surface area contributed by atoms with Crippen molar-refractivity contribution in [3.05, 3.63) is 22.6 Å². The second kappa shape index (κ2) is 5.21. The topological polar surface area (TPSA) is 56.8 Å². The molecule has 0 amide bonds. The number of nitrogens with one attached hydrogen (secondary N) is 1. The zero-order valence-corrected chi connectivity index (χ0v) is 14.9. The van der Waals surface area contributed by atoms with Gasteiger partial charge in [-0.25, -0.2) is 14.5 Å². The van der Waals surface area contributed by atoms with Gasteiger partial charge in [-0.05, 0) is 19.4 Å². The first-order valence-electron chi connectivity index (χ1n) is 8.71. The van der Waals surface area contributed by atoms with E-state index in [9.17, 15) is 0 Å². The van der Waals surface area contributed by atoms with E-state index in [-0.39, 0.29) is 5.60 Å². The molecule has 24 heavy (non-hydrogen) atoms. The summed E-state index contributed by atoms with van der Waals surface area (Å²) < 4.78 is 7.83. The summed E-state index contributed by atoms with van der Waals surface area (Å²) in [7, 11) is 0. The van der Waals surface area contributed by atoms with Crippen LogP contribution >= 0.6 is 11.3 Å². The van der Waals surface area contributed by atoms with Crippen molar-refractivity contribution in [2.24, 2.45) is 0 Å². The molecule has 1 saturated heterocycles. The Hall–Kier alpha value is -1.57. The molecule has 7 heteroatoms. The van der Waals surface area contributed by atoms with Gasteiger partial charge in [0.05, 0.1) is 30.7 Å². The minimum atomic E-state index is -0.129. The normalized spacial score (nSPS) is 20.9. The molecule has 1 N–H and O–H groups in total. The third-order valence-electron chi connectivity index (χ3n) is 5.17. The third kappa shape index (κ3) is 2.34. The number of nitrogens with zero attached hydrogens (tertiary/aromatic N) is 4. The van der Waals surface area contributed by atoms with Gasteiger partial charge in [0.1, 0.15) is 17.7 Å². The molecule has 5 heterocycles. The van der Waals surface area contributed by atoms with Crippen LogP contribution in [0.2, 0.25) is 0 Å². The van der Waals surface area contributed by atoms with Crippen LogP contribution in [0, 0.1) is 0 Å². The molecule has 0 bridgehead atoms. The predicted molar refractivity (Wildman–Crippen MR) is 92.4 cm³/mol. The summed E-state index contributed by atoms with van der Waals surface area (Å²) in [6.45, 7) is 8.38. The lowest BCUT2D eigenvalue weighted by atomic mass is 9.94.